The Bertz CT molecular complexity index is 1530. The summed E-state index contributed by atoms with van der Waals surface area (Å²) in [5, 5.41) is 0.300. The number of benzene rings is 3. The molecule has 1 aromatic heterocycles. The molecular weight excluding hydrogens is 487 g/mol. The van der Waals surface area contributed by atoms with Crippen LogP contribution in [-0.4, -0.2) is 21.0 Å². The van der Waals surface area contributed by atoms with Gasteiger partial charge in [-0.3, -0.25) is 9.52 Å². The number of nitrogens with one attached hydrogen (secondary N) is 1. The molecule has 182 valence electrons. The van der Waals surface area contributed by atoms with E-state index >= 15 is 0 Å². The minimum absolute atomic E-state index is 0.0310. The van der Waals surface area contributed by atoms with Crippen LogP contribution < -0.4 is 19.6 Å². The number of fused-ring (bicyclic) bond motifs is 1. The SMILES string of the molecule is CS(=O)(=O)Nc1ccc(-c2coc3cc(OCc4cccc(OC(F)(F)F)c4)ccc3c2=O)cc1. The summed E-state index contributed by atoms with van der Waals surface area (Å²) in [5.41, 5.74) is 1.62. The van der Waals surface area contributed by atoms with Gasteiger partial charge in [0.2, 0.25) is 10.0 Å². The first-order chi connectivity index (χ1) is 16.5. The highest BCUT2D eigenvalue weighted by Crippen LogP contribution is 2.26. The molecule has 0 atom stereocenters. The summed E-state index contributed by atoms with van der Waals surface area (Å²) in [7, 11) is -3.42. The summed E-state index contributed by atoms with van der Waals surface area (Å²) in [6.07, 6.45) is -2.45. The van der Waals surface area contributed by atoms with Gasteiger partial charge in [0.1, 0.15) is 30.0 Å². The van der Waals surface area contributed by atoms with E-state index in [1.165, 1.54) is 48.7 Å². The molecule has 1 heterocycles. The van der Waals surface area contributed by atoms with Gasteiger partial charge in [-0.2, -0.15) is 0 Å². The van der Waals surface area contributed by atoms with E-state index in [2.05, 4.69) is 9.46 Å². The summed E-state index contributed by atoms with van der Waals surface area (Å²) in [6.45, 7) is -0.0310. The van der Waals surface area contributed by atoms with Gasteiger partial charge in [0.05, 0.1) is 17.2 Å². The third-order valence-corrected chi connectivity index (χ3v) is 5.39. The van der Waals surface area contributed by atoms with Crippen LogP contribution in [-0.2, 0) is 16.6 Å². The number of anilines is 1. The molecule has 0 aliphatic heterocycles. The third-order valence-electron chi connectivity index (χ3n) is 4.78. The molecule has 4 rings (SSSR count). The highest BCUT2D eigenvalue weighted by molar-refractivity contribution is 7.92. The molecule has 0 aliphatic carbocycles. The van der Waals surface area contributed by atoms with Crippen molar-refractivity contribution in [2.45, 2.75) is 13.0 Å². The lowest BCUT2D eigenvalue weighted by Crippen LogP contribution is -2.17. The smallest absolute Gasteiger partial charge is 0.489 e. The molecule has 4 aromatic rings. The second-order valence-electron chi connectivity index (χ2n) is 7.57. The molecule has 3 aromatic carbocycles. The molecule has 35 heavy (non-hydrogen) atoms. The zero-order valence-corrected chi connectivity index (χ0v) is 18.9. The molecule has 0 bridgehead atoms. The van der Waals surface area contributed by atoms with Gasteiger partial charge >= 0.3 is 6.36 Å². The van der Waals surface area contributed by atoms with E-state index in [1.807, 2.05) is 0 Å². The number of rotatable bonds is 7. The summed E-state index contributed by atoms with van der Waals surface area (Å²) in [4.78, 5) is 13.0. The van der Waals surface area contributed by atoms with E-state index in [0.717, 1.165) is 6.26 Å². The highest BCUT2D eigenvalue weighted by atomic mass is 32.2. The Hall–Kier alpha value is -3.99. The van der Waals surface area contributed by atoms with Crippen LogP contribution in [0.4, 0.5) is 18.9 Å². The van der Waals surface area contributed by atoms with E-state index in [1.54, 1.807) is 24.3 Å². The first-order valence-corrected chi connectivity index (χ1v) is 12.0. The zero-order valence-electron chi connectivity index (χ0n) is 18.1. The lowest BCUT2D eigenvalue weighted by atomic mass is 10.1. The van der Waals surface area contributed by atoms with Crippen molar-refractivity contribution in [1.29, 1.82) is 0 Å². The minimum Gasteiger partial charge on any atom is -0.489 e. The fraction of sp³-hybridized carbons (Fsp3) is 0.125. The van der Waals surface area contributed by atoms with Gasteiger partial charge in [-0.05, 0) is 47.5 Å². The molecule has 1 N–H and O–H groups in total. The highest BCUT2D eigenvalue weighted by Gasteiger charge is 2.31. The van der Waals surface area contributed by atoms with Crippen LogP contribution in [0.15, 0.2) is 82.2 Å². The van der Waals surface area contributed by atoms with Gasteiger partial charge in [0, 0.05) is 11.8 Å². The van der Waals surface area contributed by atoms with Crippen LogP contribution in [0.25, 0.3) is 22.1 Å². The Balaban J connectivity index is 1.52. The fourth-order valence-electron chi connectivity index (χ4n) is 3.33. The Morgan fingerprint density at radius 1 is 0.971 bits per heavy atom. The molecule has 0 radical (unpaired) electrons. The van der Waals surface area contributed by atoms with Crippen LogP contribution in [0.3, 0.4) is 0 Å². The topological polar surface area (TPSA) is 94.8 Å². The first-order valence-electron chi connectivity index (χ1n) is 10.1. The maximum Gasteiger partial charge on any atom is 0.573 e. The predicted octanol–water partition coefficient (Wildman–Crippen LogP) is 5.31. The van der Waals surface area contributed by atoms with Gasteiger partial charge in [-0.1, -0.05) is 24.3 Å². The van der Waals surface area contributed by atoms with Crippen molar-refractivity contribution in [2.75, 3.05) is 11.0 Å². The van der Waals surface area contributed by atoms with Crippen LogP contribution in [0, 0.1) is 0 Å². The van der Waals surface area contributed by atoms with Crippen molar-refractivity contribution < 1.29 is 35.5 Å². The molecule has 0 amide bonds. The Kier molecular flexibility index (Phi) is 6.44. The first kappa shape index (κ1) is 24.1. The average Bonchev–Trinajstić information content (AvgIpc) is 2.77. The van der Waals surface area contributed by atoms with Crippen molar-refractivity contribution in [1.82, 2.24) is 0 Å². The molecule has 0 spiro atoms. The summed E-state index contributed by atoms with van der Waals surface area (Å²) in [5.74, 6) is 0.00233. The standard InChI is InChI=1S/C24H18F3NO6S/c1-35(30,31)28-17-7-5-16(6-8-17)21-14-33-22-12-18(9-10-20(22)23(21)29)32-13-15-3-2-4-19(11-15)34-24(25,26)27/h2-12,14,28H,13H2,1H3. The number of ether oxygens (including phenoxy) is 2. The number of halogens is 3. The summed E-state index contributed by atoms with van der Waals surface area (Å²) in [6, 6.07) is 16.3. The van der Waals surface area contributed by atoms with Crippen molar-refractivity contribution in [3.8, 4) is 22.6 Å². The Morgan fingerprint density at radius 2 is 1.71 bits per heavy atom. The lowest BCUT2D eigenvalue weighted by molar-refractivity contribution is -0.274. The van der Waals surface area contributed by atoms with Crippen LogP contribution in [0.2, 0.25) is 0 Å². The van der Waals surface area contributed by atoms with E-state index in [-0.39, 0.29) is 23.4 Å². The van der Waals surface area contributed by atoms with E-state index in [4.69, 9.17) is 9.15 Å². The maximum atomic E-state index is 13.0. The molecule has 7 nitrogen and oxygen atoms in total. The maximum absolute atomic E-state index is 13.0. The lowest BCUT2D eigenvalue weighted by Gasteiger charge is -2.11. The van der Waals surface area contributed by atoms with E-state index < -0.39 is 16.4 Å². The van der Waals surface area contributed by atoms with Gasteiger partial charge in [0.25, 0.3) is 0 Å². The number of hydrogen-bond donors (Lipinski definition) is 1. The van der Waals surface area contributed by atoms with Crippen molar-refractivity contribution in [2.24, 2.45) is 0 Å². The van der Waals surface area contributed by atoms with Crippen LogP contribution in [0.1, 0.15) is 5.56 Å². The minimum atomic E-state index is -4.79. The van der Waals surface area contributed by atoms with E-state index in [0.29, 0.717) is 33.5 Å². The fourth-order valence-corrected chi connectivity index (χ4v) is 3.89. The predicted molar refractivity (Wildman–Crippen MR) is 124 cm³/mol. The zero-order chi connectivity index (χ0) is 25.2. The second kappa shape index (κ2) is 9.34. The summed E-state index contributed by atoms with van der Waals surface area (Å²) < 4.78 is 77.4. The molecule has 0 saturated carbocycles. The molecule has 0 fully saturated rings. The van der Waals surface area contributed by atoms with Crippen molar-refractivity contribution >= 4 is 26.7 Å². The quantitative estimate of drug-likeness (QED) is 0.366. The van der Waals surface area contributed by atoms with Gasteiger partial charge in [0.15, 0.2) is 5.43 Å². The van der Waals surface area contributed by atoms with Crippen LogP contribution >= 0.6 is 0 Å². The molecule has 11 heteroatoms. The number of alkyl halides is 3. The molecular formula is C24H18F3NO6S. The van der Waals surface area contributed by atoms with Crippen LogP contribution in [0.5, 0.6) is 11.5 Å². The van der Waals surface area contributed by atoms with Crippen molar-refractivity contribution in [3.05, 3.63) is 88.8 Å². The molecule has 0 unspecified atom stereocenters. The molecule has 0 saturated heterocycles. The average molecular weight is 505 g/mol. The van der Waals surface area contributed by atoms with E-state index in [9.17, 15) is 26.4 Å². The summed E-state index contributed by atoms with van der Waals surface area (Å²) >= 11 is 0. The largest absolute Gasteiger partial charge is 0.573 e. The Labute approximate surface area is 197 Å². The third kappa shape index (κ3) is 6.33. The van der Waals surface area contributed by atoms with Gasteiger partial charge < -0.3 is 13.9 Å². The number of hydrogen-bond acceptors (Lipinski definition) is 6. The Morgan fingerprint density at radius 3 is 2.40 bits per heavy atom. The van der Waals surface area contributed by atoms with Gasteiger partial charge in [-0.25, -0.2) is 8.42 Å². The normalized spacial score (nSPS) is 11.9. The monoisotopic (exact) mass is 505 g/mol. The van der Waals surface area contributed by atoms with Gasteiger partial charge in [-0.15, -0.1) is 13.2 Å². The number of sulfonamides is 1. The van der Waals surface area contributed by atoms with Crippen molar-refractivity contribution in [3.63, 3.8) is 0 Å². The second-order valence-corrected chi connectivity index (χ2v) is 9.32. The molecule has 0 aliphatic rings.